The van der Waals surface area contributed by atoms with Gasteiger partial charge in [-0.15, -0.1) is 0 Å². The first kappa shape index (κ1) is 14.1. The van der Waals surface area contributed by atoms with Crippen molar-refractivity contribution in [1.29, 1.82) is 0 Å². The van der Waals surface area contributed by atoms with Gasteiger partial charge in [-0.05, 0) is 12.1 Å². The van der Waals surface area contributed by atoms with E-state index in [-0.39, 0.29) is 23.8 Å². The predicted molar refractivity (Wildman–Crippen MR) is 71.5 cm³/mol. The number of nitrogens with zero attached hydrogens (tertiary/aromatic N) is 1. The van der Waals surface area contributed by atoms with E-state index in [1.54, 1.807) is 12.1 Å². The molecule has 0 saturated carbocycles. The van der Waals surface area contributed by atoms with E-state index >= 15 is 0 Å². The number of guanidine groups is 1. The highest BCUT2D eigenvalue weighted by molar-refractivity contribution is 7.90. The number of fused-ring (bicyclic) bond motifs is 1. The SMILES string of the molecule is COc1ccc2c(c1)S(=O)(=O)NC(=NCCC(=O)O)N2. The Labute approximate surface area is 115 Å². The van der Waals surface area contributed by atoms with Crippen LogP contribution in [0.2, 0.25) is 0 Å². The Balaban J connectivity index is 2.29. The van der Waals surface area contributed by atoms with Gasteiger partial charge in [0.25, 0.3) is 10.0 Å². The number of hydrogen-bond acceptors (Lipinski definition) is 5. The fraction of sp³-hybridized carbons (Fsp3) is 0.273. The summed E-state index contributed by atoms with van der Waals surface area (Å²) in [6, 6.07) is 4.56. The van der Waals surface area contributed by atoms with E-state index in [4.69, 9.17) is 9.84 Å². The zero-order valence-corrected chi connectivity index (χ0v) is 11.4. The quantitative estimate of drug-likeness (QED) is 0.732. The number of rotatable bonds is 4. The molecule has 1 aromatic rings. The molecule has 0 saturated heterocycles. The summed E-state index contributed by atoms with van der Waals surface area (Å²) >= 11 is 0. The molecule has 0 spiro atoms. The smallest absolute Gasteiger partial charge is 0.305 e. The summed E-state index contributed by atoms with van der Waals surface area (Å²) < 4.78 is 31.3. The Morgan fingerprint density at radius 3 is 2.85 bits per heavy atom. The van der Waals surface area contributed by atoms with Crippen molar-refractivity contribution in [3.05, 3.63) is 18.2 Å². The highest BCUT2D eigenvalue weighted by Crippen LogP contribution is 2.28. The molecule has 108 valence electrons. The van der Waals surface area contributed by atoms with Crippen molar-refractivity contribution < 1.29 is 23.1 Å². The number of aliphatic carboxylic acids is 1. The highest BCUT2D eigenvalue weighted by atomic mass is 32.2. The van der Waals surface area contributed by atoms with E-state index in [9.17, 15) is 13.2 Å². The number of anilines is 1. The topological polar surface area (TPSA) is 117 Å². The first-order valence-corrected chi connectivity index (χ1v) is 7.15. The van der Waals surface area contributed by atoms with Gasteiger partial charge >= 0.3 is 5.97 Å². The van der Waals surface area contributed by atoms with Crippen LogP contribution < -0.4 is 14.8 Å². The Morgan fingerprint density at radius 1 is 1.45 bits per heavy atom. The Kier molecular flexibility index (Phi) is 3.79. The maximum Gasteiger partial charge on any atom is 0.305 e. The number of carboxylic acid groups (broad SMARTS) is 1. The summed E-state index contributed by atoms with van der Waals surface area (Å²) in [5, 5.41) is 11.3. The van der Waals surface area contributed by atoms with Crippen LogP contribution in [0, 0.1) is 0 Å². The van der Waals surface area contributed by atoms with Crippen LogP contribution in [-0.4, -0.2) is 39.1 Å². The summed E-state index contributed by atoms with van der Waals surface area (Å²) in [4.78, 5) is 14.3. The van der Waals surface area contributed by atoms with Gasteiger partial charge in [0.2, 0.25) is 5.96 Å². The third-order valence-electron chi connectivity index (χ3n) is 2.56. The second-order valence-electron chi connectivity index (χ2n) is 3.97. The first-order chi connectivity index (χ1) is 9.42. The molecule has 3 N–H and O–H groups in total. The molecular formula is C11H13N3O5S. The lowest BCUT2D eigenvalue weighted by molar-refractivity contribution is -0.136. The van der Waals surface area contributed by atoms with Crippen molar-refractivity contribution >= 4 is 27.6 Å². The number of ether oxygens (including phenoxy) is 1. The number of methoxy groups -OCH3 is 1. The summed E-state index contributed by atoms with van der Waals surface area (Å²) in [6.07, 6.45) is -0.178. The van der Waals surface area contributed by atoms with Gasteiger partial charge in [0.1, 0.15) is 10.6 Å². The van der Waals surface area contributed by atoms with Crippen molar-refractivity contribution in [3.63, 3.8) is 0 Å². The van der Waals surface area contributed by atoms with E-state index < -0.39 is 16.0 Å². The lowest BCUT2D eigenvalue weighted by Crippen LogP contribution is -2.40. The van der Waals surface area contributed by atoms with Crippen LogP contribution in [0.15, 0.2) is 28.1 Å². The molecule has 8 nitrogen and oxygen atoms in total. The van der Waals surface area contributed by atoms with Crippen molar-refractivity contribution in [1.82, 2.24) is 4.72 Å². The van der Waals surface area contributed by atoms with E-state index in [2.05, 4.69) is 15.0 Å². The third-order valence-corrected chi connectivity index (χ3v) is 3.94. The normalized spacial score (nSPS) is 17.8. The zero-order valence-electron chi connectivity index (χ0n) is 10.6. The molecule has 9 heteroatoms. The van der Waals surface area contributed by atoms with Gasteiger partial charge < -0.3 is 15.2 Å². The minimum atomic E-state index is -3.75. The molecule has 0 aliphatic carbocycles. The van der Waals surface area contributed by atoms with Crippen LogP contribution in [0.1, 0.15) is 6.42 Å². The number of hydrogen-bond donors (Lipinski definition) is 3. The molecule has 0 aromatic heterocycles. The molecule has 0 amide bonds. The standard InChI is InChI=1S/C11H13N3O5S/c1-19-7-2-3-8-9(6-7)20(17,18)14-11(13-8)12-5-4-10(15)16/h2-3,6H,4-5H2,1H3,(H,15,16)(H2,12,13,14). The van der Waals surface area contributed by atoms with Gasteiger partial charge in [0.05, 0.1) is 25.8 Å². The van der Waals surface area contributed by atoms with Crippen LogP contribution in [0.5, 0.6) is 5.75 Å². The van der Waals surface area contributed by atoms with Crippen LogP contribution in [0.3, 0.4) is 0 Å². The molecule has 20 heavy (non-hydrogen) atoms. The molecular weight excluding hydrogens is 286 g/mol. The monoisotopic (exact) mass is 299 g/mol. The number of benzene rings is 1. The van der Waals surface area contributed by atoms with Crippen LogP contribution in [-0.2, 0) is 14.8 Å². The number of nitrogens with one attached hydrogen (secondary N) is 2. The molecule has 0 atom stereocenters. The minimum Gasteiger partial charge on any atom is -0.497 e. The molecule has 0 unspecified atom stereocenters. The van der Waals surface area contributed by atoms with Crippen LogP contribution in [0.4, 0.5) is 5.69 Å². The predicted octanol–water partition coefficient (Wildman–Crippen LogP) is 0.230. The van der Waals surface area contributed by atoms with Crippen molar-refractivity contribution in [3.8, 4) is 5.75 Å². The fourth-order valence-corrected chi connectivity index (χ4v) is 2.79. The average Bonchev–Trinajstić information content (AvgIpc) is 2.37. The van der Waals surface area contributed by atoms with Crippen LogP contribution >= 0.6 is 0 Å². The summed E-state index contributed by atoms with van der Waals surface area (Å²) in [7, 11) is -2.30. The van der Waals surface area contributed by atoms with Gasteiger partial charge in [0, 0.05) is 6.07 Å². The first-order valence-electron chi connectivity index (χ1n) is 5.66. The molecule has 0 fully saturated rings. The van der Waals surface area contributed by atoms with Gasteiger partial charge in [-0.25, -0.2) is 13.1 Å². The lowest BCUT2D eigenvalue weighted by Gasteiger charge is -2.21. The van der Waals surface area contributed by atoms with Gasteiger partial charge in [-0.2, -0.15) is 0 Å². The van der Waals surface area contributed by atoms with Crippen molar-refractivity contribution in [2.45, 2.75) is 11.3 Å². The van der Waals surface area contributed by atoms with Crippen molar-refractivity contribution in [2.75, 3.05) is 19.0 Å². The summed E-state index contributed by atoms with van der Waals surface area (Å²) in [5.41, 5.74) is 0.360. The van der Waals surface area contributed by atoms with E-state index in [0.29, 0.717) is 11.4 Å². The maximum atomic E-state index is 12.0. The van der Waals surface area contributed by atoms with E-state index in [1.165, 1.54) is 13.2 Å². The maximum absolute atomic E-state index is 12.0. The average molecular weight is 299 g/mol. The van der Waals surface area contributed by atoms with Gasteiger partial charge in [0.15, 0.2) is 0 Å². The molecule has 1 heterocycles. The summed E-state index contributed by atoms with van der Waals surface area (Å²) in [6.45, 7) is -0.0221. The molecule has 1 aliphatic heterocycles. The van der Waals surface area contributed by atoms with Gasteiger partial charge in [-0.1, -0.05) is 0 Å². The Hall–Kier alpha value is -2.29. The highest BCUT2D eigenvalue weighted by Gasteiger charge is 2.26. The minimum absolute atomic E-state index is 0.00363. The van der Waals surface area contributed by atoms with Crippen molar-refractivity contribution in [2.24, 2.45) is 4.99 Å². The second-order valence-corrected chi connectivity index (χ2v) is 5.62. The molecule has 1 aromatic carbocycles. The lowest BCUT2D eigenvalue weighted by atomic mass is 10.3. The fourth-order valence-electron chi connectivity index (χ4n) is 1.63. The number of carboxylic acids is 1. The van der Waals surface area contributed by atoms with Crippen LogP contribution in [0.25, 0.3) is 0 Å². The largest absolute Gasteiger partial charge is 0.497 e. The second kappa shape index (κ2) is 5.37. The number of carbonyl (C=O) groups is 1. The molecule has 0 radical (unpaired) electrons. The van der Waals surface area contributed by atoms with E-state index in [1.807, 2.05) is 0 Å². The number of sulfonamides is 1. The Morgan fingerprint density at radius 2 is 2.20 bits per heavy atom. The third kappa shape index (κ3) is 2.99. The molecule has 0 bridgehead atoms. The molecule has 2 rings (SSSR count). The Bertz CT molecular complexity index is 669. The van der Waals surface area contributed by atoms with Gasteiger partial charge in [-0.3, -0.25) is 9.79 Å². The number of aliphatic imine (C=N–C) groups is 1. The molecule has 1 aliphatic rings. The van der Waals surface area contributed by atoms with E-state index in [0.717, 1.165) is 0 Å². The summed E-state index contributed by atoms with van der Waals surface area (Å²) in [5.74, 6) is -0.579. The zero-order chi connectivity index (χ0) is 14.8.